The summed E-state index contributed by atoms with van der Waals surface area (Å²) in [6.45, 7) is 9.40. The number of fused-ring (bicyclic) bond motifs is 1. The minimum Gasteiger partial charge on any atom is -0.458 e. The molecule has 5 nitrogen and oxygen atoms in total. The molecule has 2 heterocycles. The van der Waals surface area contributed by atoms with Gasteiger partial charge in [0.1, 0.15) is 12.3 Å². The molecule has 4 rings (SSSR count). The Hall–Kier alpha value is -2.40. The van der Waals surface area contributed by atoms with Crippen molar-refractivity contribution in [1.29, 1.82) is 0 Å². The maximum atomic E-state index is 12.9. The molecular weight excluding hydrogens is 378 g/mol. The molecule has 1 saturated heterocycles. The van der Waals surface area contributed by atoms with Gasteiger partial charge < -0.3 is 14.5 Å². The Kier molecular flexibility index (Phi) is 5.58. The number of nitrogens with one attached hydrogen (secondary N) is 1. The van der Waals surface area contributed by atoms with Crippen molar-refractivity contribution in [3.05, 3.63) is 57.9 Å². The number of ketones is 1. The lowest BCUT2D eigenvalue weighted by Crippen LogP contribution is -2.19. The molecule has 30 heavy (non-hydrogen) atoms. The molecule has 5 heteroatoms. The van der Waals surface area contributed by atoms with Crippen LogP contribution in [-0.2, 0) is 21.3 Å². The van der Waals surface area contributed by atoms with Crippen LogP contribution in [0.2, 0.25) is 0 Å². The fourth-order valence-corrected chi connectivity index (χ4v) is 4.55. The number of hydrogen-bond acceptors (Lipinski definition) is 4. The van der Waals surface area contributed by atoms with Crippen LogP contribution in [0.4, 0.5) is 0 Å². The number of aromatic nitrogens is 1. The van der Waals surface area contributed by atoms with Crippen LogP contribution in [0.5, 0.6) is 0 Å². The topological polar surface area (TPSA) is 68.4 Å². The number of carbonyl (C=O) groups excluding carboxylic acids is 2. The number of Topliss-reactive ketones (excluding diaryl/α,β-unsaturated/α-hetero) is 1. The number of H-pyrrole nitrogens is 1. The smallest absolute Gasteiger partial charge is 0.355 e. The molecule has 2 atom stereocenters. The highest BCUT2D eigenvalue weighted by atomic mass is 16.6. The van der Waals surface area contributed by atoms with Crippen molar-refractivity contribution in [1.82, 2.24) is 4.98 Å². The Balaban J connectivity index is 1.51. The molecule has 0 radical (unpaired) electrons. The molecule has 0 saturated carbocycles. The van der Waals surface area contributed by atoms with Gasteiger partial charge in [-0.2, -0.15) is 0 Å². The van der Waals surface area contributed by atoms with Gasteiger partial charge in [-0.05, 0) is 54.2 Å². The highest BCUT2D eigenvalue weighted by Gasteiger charge is 2.32. The second-order valence-electron chi connectivity index (χ2n) is 9.61. The summed E-state index contributed by atoms with van der Waals surface area (Å²) in [5, 5.41) is 0. The zero-order chi connectivity index (χ0) is 21.5. The molecule has 1 aromatic carbocycles. The van der Waals surface area contributed by atoms with Crippen LogP contribution in [0.3, 0.4) is 0 Å². The van der Waals surface area contributed by atoms with E-state index in [2.05, 4.69) is 50.0 Å². The molecule has 2 aliphatic rings. The highest BCUT2D eigenvalue weighted by Crippen LogP contribution is 2.36. The second kappa shape index (κ2) is 8.03. The number of benzene rings is 1. The minimum atomic E-state index is -0.406. The van der Waals surface area contributed by atoms with Crippen molar-refractivity contribution >= 4 is 11.8 Å². The Morgan fingerprint density at radius 2 is 1.93 bits per heavy atom. The van der Waals surface area contributed by atoms with Crippen LogP contribution in [0.1, 0.15) is 89.2 Å². The molecular formula is C25H31NO4. The van der Waals surface area contributed by atoms with Crippen molar-refractivity contribution in [3.8, 4) is 0 Å². The van der Waals surface area contributed by atoms with E-state index in [0.29, 0.717) is 23.2 Å². The number of hydrogen-bond donors (Lipinski definition) is 1. The third-order valence-electron chi connectivity index (χ3n) is 6.37. The summed E-state index contributed by atoms with van der Waals surface area (Å²) in [5.74, 6) is -0.197. The third kappa shape index (κ3) is 4.08. The summed E-state index contributed by atoms with van der Waals surface area (Å²) in [5.41, 5.74) is 5.16. The number of esters is 1. The lowest BCUT2D eigenvalue weighted by atomic mass is 9.80. The second-order valence-corrected chi connectivity index (χ2v) is 9.61. The van der Waals surface area contributed by atoms with Crippen LogP contribution >= 0.6 is 0 Å². The Bertz CT molecular complexity index is 943. The van der Waals surface area contributed by atoms with Crippen molar-refractivity contribution in [2.24, 2.45) is 0 Å². The number of rotatable bonds is 4. The van der Waals surface area contributed by atoms with Gasteiger partial charge in [-0.1, -0.05) is 45.0 Å². The monoisotopic (exact) mass is 409 g/mol. The number of ether oxygens (including phenoxy) is 2. The summed E-state index contributed by atoms with van der Waals surface area (Å²) < 4.78 is 11.0. The van der Waals surface area contributed by atoms with Gasteiger partial charge in [0, 0.05) is 24.3 Å². The van der Waals surface area contributed by atoms with Gasteiger partial charge in [-0.3, -0.25) is 4.79 Å². The minimum absolute atomic E-state index is 0.0130. The predicted molar refractivity (Wildman–Crippen MR) is 115 cm³/mol. The summed E-state index contributed by atoms with van der Waals surface area (Å²) in [6.07, 6.45) is 3.09. The van der Waals surface area contributed by atoms with Crippen molar-refractivity contribution in [2.45, 2.75) is 70.8 Å². The van der Waals surface area contributed by atoms with E-state index >= 15 is 0 Å². The van der Waals surface area contributed by atoms with E-state index in [1.807, 2.05) is 6.92 Å². The molecule has 1 aliphatic heterocycles. The third-order valence-corrected chi connectivity index (χ3v) is 6.37. The zero-order valence-corrected chi connectivity index (χ0v) is 18.3. The molecule has 0 spiro atoms. The van der Waals surface area contributed by atoms with Gasteiger partial charge in [0.25, 0.3) is 0 Å². The molecule has 2 aromatic rings. The van der Waals surface area contributed by atoms with Gasteiger partial charge in [-0.25, -0.2) is 4.79 Å². The van der Waals surface area contributed by atoms with Crippen LogP contribution in [0.15, 0.2) is 24.3 Å². The maximum Gasteiger partial charge on any atom is 0.355 e. The molecule has 1 fully saturated rings. The van der Waals surface area contributed by atoms with E-state index < -0.39 is 5.97 Å². The quantitative estimate of drug-likeness (QED) is 0.732. The van der Waals surface area contributed by atoms with E-state index in [0.717, 1.165) is 37.1 Å². The van der Waals surface area contributed by atoms with Gasteiger partial charge in [0.2, 0.25) is 0 Å². The molecule has 1 N–H and O–H groups in total. The summed E-state index contributed by atoms with van der Waals surface area (Å²) in [7, 11) is 0. The standard InChI is InChI=1S/C25H31NO4/c1-15-22-20(26-23(15)24(28)30-14-19-6-5-11-29-19)12-17(13-21(22)27)16-7-9-18(10-8-16)25(2,3)4/h7-10,17,19,26H,5-6,11-14H2,1-4H3/t17-,19-/m0/s1. The fourth-order valence-electron chi connectivity index (χ4n) is 4.55. The normalized spacial score (nSPS) is 21.5. The van der Waals surface area contributed by atoms with E-state index in [1.54, 1.807) is 0 Å². The molecule has 1 aromatic heterocycles. The fraction of sp³-hybridized carbons (Fsp3) is 0.520. The van der Waals surface area contributed by atoms with E-state index in [4.69, 9.17) is 9.47 Å². The average Bonchev–Trinajstić information content (AvgIpc) is 3.33. The van der Waals surface area contributed by atoms with Crippen molar-refractivity contribution < 1.29 is 19.1 Å². The summed E-state index contributed by atoms with van der Waals surface area (Å²) in [4.78, 5) is 28.7. The first kappa shape index (κ1) is 20.9. The summed E-state index contributed by atoms with van der Waals surface area (Å²) >= 11 is 0. The lowest BCUT2D eigenvalue weighted by molar-refractivity contribution is 0.0156. The zero-order valence-electron chi connectivity index (χ0n) is 18.3. The van der Waals surface area contributed by atoms with Gasteiger partial charge in [-0.15, -0.1) is 0 Å². The number of aromatic amines is 1. The van der Waals surface area contributed by atoms with E-state index in [9.17, 15) is 9.59 Å². The average molecular weight is 410 g/mol. The van der Waals surface area contributed by atoms with Crippen molar-refractivity contribution in [2.75, 3.05) is 13.2 Å². The molecule has 0 unspecified atom stereocenters. The van der Waals surface area contributed by atoms with Crippen molar-refractivity contribution in [3.63, 3.8) is 0 Å². The van der Waals surface area contributed by atoms with Gasteiger partial charge in [0.05, 0.1) is 6.10 Å². The SMILES string of the molecule is Cc1c(C(=O)OC[C@@H]2CCCO2)[nH]c2c1C(=O)C[C@@H](c1ccc(C(C)(C)C)cc1)C2. The van der Waals surface area contributed by atoms with Crippen LogP contribution in [0, 0.1) is 6.92 Å². The Labute approximate surface area is 178 Å². The first-order valence-corrected chi connectivity index (χ1v) is 10.9. The first-order valence-electron chi connectivity index (χ1n) is 10.9. The van der Waals surface area contributed by atoms with Gasteiger partial charge >= 0.3 is 5.97 Å². The Morgan fingerprint density at radius 3 is 2.57 bits per heavy atom. The van der Waals surface area contributed by atoms with E-state index in [-0.39, 0.29) is 29.8 Å². The predicted octanol–water partition coefficient (Wildman–Crippen LogP) is 4.87. The van der Waals surface area contributed by atoms with Crippen LogP contribution < -0.4 is 0 Å². The maximum absolute atomic E-state index is 12.9. The molecule has 0 amide bonds. The molecule has 160 valence electrons. The first-order chi connectivity index (χ1) is 14.2. The molecule has 0 bridgehead atoms. The lowest BCUT2D eigenvalue weighted by Gasteiger charge is -2.24. The van der Waals surface area contributed by atoms with Gasteiger partial charge in [0.15, 0.2) is 5.78 Å². The largest absolute Gasteiger partial charge is 0.458 e. The van der Waals surface area contributed by atoms with Crippen LogP contribution in [0.25, 0.3) is 0 Å². The molecule has 1 aliphatic carbocycles. The summed E-state index contributed by atoms with van der Waals surface area (Å²) in [6, 6.07) is 8.58. The highest BCUT2D eigenvalue weighted by molar-refractivity contribution is 6.03. The Morgan fingerprint density at radius 1 is 1.20 bits per heavy atom. The van der Waals surface area contributed by atoms with E-state index in [1.165, 1.54) is 5.56 Å². The number of carbonyl (C=O) groups is 2. The van der Waals surface area contributed by atoms with Crippen LogP contribution in [-0.4, -0.2) is 36.1 Å².